The molecule has 2 amide bonds. The van der Waals surface area contributed by atoms with Gasteiger partial charge in [-0.15, -0.1) is 0 Å². The molecule has 1 aromatic heterocycles. The first-order chi connectivity index (χ1) is 9.93. The first-order valence-electron chi connectivity index (χ1n) is 7.54. The first-order valence-corrected chi connectivity index (χ1v) is 7.54. The lowest BCUT2D eigenvalue weighted by Gasteiger charge is -2.24. The van der Waals surface area contributed by atoms with Gasteiger partial charge in [-0.25, -0.2) is 0 Å². The van der Waals surface area contributed by atoms with Crippen LogP contribution >= 0.6 is 0 Å². The molecule has 0 aliphatic heterocycles. The van der Waals surface area contributed by atoms with E-state index in [2.05, 4.69) is 19.2 Å². The van der Waals surface area contributed by atoms with Crippen molar-refractivity contribution in [1.29, 1.82) is 0 Å². The van der Waals surface area contributed by atoms with Gasteiger partial charge in [0.25, 0.3) is 5.91 Å². The summed E-state index contributed by atoms with van der Waals surface area (Å²) in [5.74, 6) is 0.241. The first kappa shape index (κ1) is 17.3. The molecule has 0 aliphatic carbocycles. The third-order valence-electron chi connectivity index (χ3n) is 3.27. The molecule has 1 heterocycles. The number of carbonyl (C=O) groups excluding carboxylic acids is 2. The summed E-state index contributed by atoms with van der Waals surface area (Å²) in [5.41, 5.74) is 0.526. The van der Waals surface area contributed by atoms with Crippen molar-refractivity contribution in [2.45, 2.75) is 46.6 Å². The predicted molar refractivity (Wildman–Crippen MR) is 82.0 cm³/mol. The van der Waals surface area contributed by atoms with Gasteiger partial charge in [-0.1, -0.05) is 20.8 Å². The van der Waals surface area contributed by atoms with Crippen molar-refractivity contribution in [2.24, 2.45) is 5.92 Å². The molecule has 0 unspecified atom stereocenters. The maximum Gasteiger partial charge on any atom is 0.257 e. The van der Waals surface area contributed by atoms with Crippen LogP contribution in [0.5, 0.6) is 0 Å². The summed E-state index contributed by atoms with van der Waals surface area (Å²) in [6, 6.07) is 1.81. The molecule has 1 atom stereocenters. The van der Waals surface area contributed by atoms with Crippen molar-refractivity contribution >= 4 is 11.8 Å². The van der Waals surface area contributed by atoms with Crippen LogP contribution in [0.3, 0.4) is 0 Å². The maximum atomic E-state index is 12.4. The summed E-state index contributed by atoms with van der Waals surface area (Å²) in [6.45, 7) is 9.15. The monoisotopic (exact) mass is 294 g/mol. The summed E-state index contributed by atoms with van der Waals surface area (Å²) in [7, 11) is 0. The van der Waals surface area contributed by atoms with Crippen LogP contribution < -0.4 is 5.32 Å². The highest BCUT2D eigenvalue weighted by Gasteiger charge is 2.19. The number of rotatable bonds is 8. The Morgan fingerprint density at radius 1 is 1.33 bits per heavy atom. The highest BCUT2D eigenvalue weighted by molar-refractivity contribution is 5.94. The number of hydrogen-bond acceptors (Lipinski definition) is 3. The topological polar surface area (TPSA) is 62.6 Å². The molecule has 0 aromatic carbocycles. The molecule has 0 saturated heterocycles. The summed E-state index contributed by atoms with van der Waals surface area (Å²) in [5, 5.41) is 2.92. The van der Waals surface area contributed by atoms with E-state index in [9.17, 15) is 9.59 Å². The molecule has 0 spiro atoms. The summed E-state index contributed by atoms with van der Waals surface area (Å²) < 4.78 is 4.96. The lowest BCUT2D eigenvalue weighted by molar-refractivity contribution is -0.121. The second-order valence-electron chi connectivity index (χ2n) is 5.78. The largest absolute Gasteiger partial charge is 0.472 e. The van der Waals surface area contributed by atoms with Crippen LogP contribution in [-0.4, -0.2) is 35.8 Å². The Bertz CT molecular complexity index is 440. The molecule has 0 saturated carbocycles. The van der Waals surface area contributed by atoms with Crippen LogP contribution in [0.15, 0.2) is 23.0 Å². The van der Waals surface area contributed by atoms with E-state index in [0.717, 1.165) is 6.42 Å². The minimum atomic E-state index is -0.0891. The molecule has 1 aromatic rings. The molecule has 5 nitrogen and oxygen atoms in total. The second-order valence-corrected chi connectivity index (χ2v) is 5.78. The van der Waals surface area contributed by atoms with Gasteiger partial charge in [0.2, 0.25) is 5.91 Å². The minimum Gasteiger partial charge on any atom is -0.472 e. The van der Waals surface area contributed by atoms with Crippen molar-refractivity contribution in [3.05, 3.63) is 24.2 Å². The van der Waals surface area contributed by atoms with Crippen molar-refractivity contribution in [3.63, 3.8) is 0 Å². The summed E-state index contributed by atoms with van der Waals surface area (Å²) >= 11 is 0. The van der Waals surface area contributed by atoms with Gasteiger partial charge in [0.15, 0.2) is 0 Å². The Morgan fingerprint density at radius 2 is 2.05 bits per heavy atom. The Balaban J connectivity index is 2.58. The lowest BCUT2D eigenvalue weighted by atomic mass is 10.1. The van der Waals surface area contributed by atoms with Crippen molar-refractivity contribution in [3.8, 4) is 0 Å². The molecule has 0 aliphatic rings. The molecule has 0 radical (unpaired) electrons. The number of carbonyl (C=O) groups is 2. The zero-order valence-corrected chi connectivity index (χ0v) is 13.4. The Morgan fingerprint density at radius 3 is 2.57 bits per heavy atom. The molecule has 118 valence electrons. The highest BCUT2D eigenvalue weighted by Crippen LogP contribution is 2.09. The van der Waals surface area contributed by atoms with E-state index in [-0.39, 0.29) is 17.9 Å². The van der Waals surface area contributed by atoms with Crippen LogP contribution in [0.2, 0.25) is 0 Å². The fourth-order valence-electron chi connectivity index (χ4n) is 1.97. The Labute approximate surface area is 126 Å². The average Bonchev–Trinajstić information content (AvgIpc) is 2.96. The fourth-order valence-corrected chi connectivity index (χ4v) is 1.97. The van der Waals surface area contributed by atoms with Crippen LogP contribution in [0, 0.1) is 5.92 Å². The highest BCUT2D eigenvalue weighted by atomic mass is 16.3. The van der Waals surface area contributed by atoms with Gasteiger partial charge in [-0.05, 0) is 25.3 Å². The summed E-state index contributed by atoms with van der Waals surface area (Å²) in [6.07, 6.45) is 4.14. The van der Waals surface area contributed by atoms with E-state index in [1.54, 1.807) is 11.0 Å². The molecule has 0 fully saturated rings. The van der Waals surface area contributed by atoms with Crippen LogP contribution in [0.1, 0.15) is 50.9 Å². The molecule has 5 heteroatoms. The Hall–Kier alpha value is -1.78. The smallest absolute Gasteiger partial charge is 0.257 e. The predicted octanol–water partition coefficient (Wildman–Crippen LogP) is 2.68. The van der Waals surface area contributed by atoms with Gasteiger partial charge in [0, 0.05) is 25.6 Å². The van der Waals surface area contributed by atoms with E-state index >= 15 is 0 Å². The van der Waals surface area contributed by atoms with Gasteiger partial charge in [-0.3, -0.25) is 9.59 Å². The summed E-state index contributed by atoms with van der Waals surface area (Å²) in [4.78, 5) is 25.9. The van der Waals surface area contributed by atoms with E-state index in [1.165, 1.54) is 12.5 Å². The van der Waals surface area contributed by atoms with E-state index < -0.39 is 0 Å². The standard InChI is InChI=1S/C16H26N2O3/c1-5-13(4)17-15(19)6-8-18(10-12(2)3)16(20)14-7-9-21-11-14/h7,9,11-13H,5-6,8,10H2,1-4H3,(H,17,19)/t13-/m1/s1. The normalized spacial score (nSPS) is 12.2. The van der Waals surface area contributed by atoms with Crippen molar-refractivity contribution in [1.82, 2.24) is 10.2 Å². The number of hydrogen-bond donors (Lipinski definition) is 1. The Kier molecular flexibility index (Phi) is 6.99. The number of amides is 2. The van der Waals surface area contributed by atoms with Gasteiger partial charge < -0.3 is 14.6 Å². The zero-order valence-electron chi connectivity index (χ0n) is 13.4. The van der Waals surface area contributed by atoms with E-state index in [1.807, 2.05) is 13.8 Å². The van der Waals surface area contributed by atoms with Crippen molar-refractivity contribution in [2.75, 3.05) is 13.1 Å². The van der Waals surface area contributed by atoms with Crippen molar-refractivity contribution < 1.29 is 14.0 Å². The van der Waals surface area contributed by atoms with Gasteiger partial charge in [0.05, 0.1) is 11.8 Å². The molecule has 0 bridgehead atoms. The van der Waals surface area contributed by atoms with E-state index in [4.69, 9.17) is 4.42 Å². The number of nitrogens with one attached hydrogen (secondary N) is 1. The van der Waals surface area contributed by atoms with E-state index in [0.29, 0.717) is 31.0 Å². The average molecular weight is 294 g/mol. The zero-order chi connectivity index (χ0) is 15.8. The number of nitrogens with zero attached hydrogens (tertiary/aromatic N) is 1. The molecular weight excluding hydrogens is 268 g/mol. The molecule has 1 N–H and O–H groups in total. The van der Waals surface area contributed by atoms with Crippen LogP contribution in [0.4, 0.5) is 0 Å². The maximum absolute atomic E-state index is 12.4. The van der Waals surface area contributed by atoms with Gasteiger partial charge >= 0.3 is 0 Å². The molecule has 1 rings (SSSR count). The second kappa shape index (κ2) is 8.49. The quantitative estimate of drug-likeness (QED) is 0.802. The SMILES string of the molecule is CC[C@@H](C)NC(=O)CCN(CC(C)C)C(=O)c1ccoc1. The lowest BCUT2D eigenvalue weighted by Crippen LogP contribution is -2.39. The third kappa shape index (κ3) is 6.02. The minimum absolute atomic E-state index is 0.0156. The van der Waals surface area contributed by atoms with Gasteiger partial charge in [-0.2, -0.15) is 0 Å². The third-order valence-corrected chi connectivity index (χ3v) is 3.27. The molecular formula is C16H26N2O3. The van der Waals surface area contributed by atoms with Gasteiger partial charge in [0.1, 0.15) is 6.26 Å². The van der Waals surface area contributed by atoms with Crippen LogP contribution in [-0.2, 0) is 4.79 Å². The van der Waals surface area contributed by atoms with Crippen LogP contribution in [0.25, 0.3) is 0 Å². The number of furan rings is 1. The fraction of sp³-hybridized carbons (Fsp3) is 0.625. The molecule has 21 heavy (non-hydrogen) atoms.